The Morgan fingerprint density at radius 2 is 2.00 bits per heavy atom. The van der Waals surface area contributed by atoms with Crippen LogP contribution in [0.1, 0.15) is 46.0 Å². The third-order valence-corrected chi connectivity index (χ3v) is 3.68. The van der Waals surface area contributed by atoms with E-state index in [1.54, 1.807) is 0 Å². The van der Waals surface area contributed by atoms with Crippen LogP contribution in [-0.4, -0.2) is 11.9 Å². The molecule has 1 heterocycles. The van der Waals surface area contributed by atoms with Crippen LogP contribution in [0, 0.1) is 20.8 Å². The predicted octanol–water partition coefficient (Wildman–Crippen LogP) is 2.68. The summed E-state index contributed by atoms with van der Waals surface area (Å²) in [5, 5.41) is 3.08. The summed E-state index contributed by atoms with van der Waals surface area (Å²) in [5.74, 6) is 0.109. The molecule has 1 aromatic carbocycles. The van der Waals surface area contributed by atoms with Gasteiger partial charge in [-0.2, -0.15) is 0 Å². The summed E-state index contributed by atoms with van der Waals surface area (Å²) < 4.78 is 0. The Labute approximate surface area is 97.1 Å². The molecule has 1 N–H and O–H groups in total. The van der Waals surface area contributed by atoms with Crippen molar-refractivity contribution in [3.05, 3.63) is 33.9 Å². The van der Waals surface area contributed by atoms with Gasteiger partial charge in [0.05, 0.1) is 0 Å². The second kappa shape index (κ2) is 3.93. The van der Waals surface area contributed by atoms with E-state index in [1.165, 1.54) is 16.7 Å². The second-order valence-corrected chi connectivity index (χ2v) is 4.77. The van der Waals surface area contributed by atoms with Crippen molar-refractivity contribution in [2.24, 2.45) is 0 Å². The van der Waals surface area contributed by atoms with Crippen molar-refractivity contribution in [1.29, 1.82) is 0 Å². The van der Waals surface area contributed by atoms with Crippen LogP contribution in [0.4, 0.5) is 0 Å². The van der Waals surface area contributed by atoms with Crippen LogP contribution < -0.4 is 5.32 Å². The normalized spacial score (nSPS) is 19.2. The van der Waals surface area contributed by atoms with Crippen molar-refractivity contribution in [3.8, 4) is 0 Å². The van der Waals surface area contributed by atoms with Gasteiger partial charge >= 0.3 is 0 Å². The molecular weight excluding hydrogens is 198 g/mol. The largest absolute Gasteiger partial charge is 0.349 e. The van der Waals surface area contributed by atoms with Crippen molar-refractivity contribution < 1.29 is 4.79 Å². The van der Waals surface area contributed by atoms with Crippen molar-refractivity contribution in [2.75, 3.05) is 0 Å². The van der Waals surface area contributed by atoms with Crippen LogP contribution in [0.2, 0.25) is 0 Å². The number of benzene rings is 1. The fourth-order valence-corrected chi connectivity index (χ4v) is 2.51. The summed E-state index contributed by atoms with van der Waals surface area (Å²) in [5.41, 5.74) is 5.77. The van der Waals surface area contributed by atoms with Gasteiger partial charge in [-0.1, -0.05) is 13.0 Å². The molecule has 0 aromatic heterocycles. The minimum atomic E-state index is 0.109. The summed E-state index contributed by atoms with van der Waals surface area (Å²) in [6, 6.07) is 2.50. The molecule has 0 bridgehead atoms. The molecule has 1 atom stereocenters. The standard InChI is InChI=1S/C14H19NO/c1-5-11-7-12-9(3)6-8(2)10(4)13(12)14(16)15-11/h6,11H,5,7H2,1-4H3,(H,15,16). The SMILES string of the molecule is CCC1Cc2c(C)cc(C)c(C)c2C(=O)N1. The van der Waals surface area contributed by atoms with Gasteiger partial charge in [0.2, 0.25) is 0 Å². The smallest absolute Gasteiger partial charge is 0.252 e. The molecular formula is C14H19NO. The molecule has 0 spiro atoms. The number of carbonyl (C=O) groups excluding carboxylic acids is 1. The molecule has 0 aliphatic carbocycles. The highest BCUT2D eigenvalue weighted by Crippen LogP contribution is 2.27. The zero-order valence-electron chi connectivity index (χ0n) is 10.5. The first-order valence-electron chi connectivity index (χ1n) is 5.95. The Morgan fingerprint density at radius 1 is 1.31 bits per heavy atom. The topological polar surface area (TPSA) is 29.1 Å². The van der Waals surface area contributed by atoms with Crippen LogP contribution in [-0.2, 0) is 6.42 Å². The van der Waals surface area contributed by atoms with Gasteiger partial charge in [0.25, 0.3) is 5.91 Å². The molecule has 1 aliphatic heterocycles. The van der Waals surface area contributed by atoms with E-state index in [1.807, 2.05) is 6.92 Å². The highest BCUT2D eigenvalue weighted by molar-refractivity contribution is 5.99. The molecule has 2 nitrogen and oxygen atoms in total. The van der Waals surface area contributed by atoms with Gasteiger partial charge in [0.1, 0.15) is 0 Å². The van der Waals surface area contributed by atoms with E-state index >= 15 is 0 Å². The Bertz CT molecular complexity index is 449. The number of fused-ring (bicyclic) bond motifs is 1. The number of rotatable bonds is 1. The van der Waals surface area contributed by atoms with Gasteiger partial charge in [-0.15, -0.1) is 0 Å². The van der Waals surface area contributed by atoms with Crippen LogP contribution in [0.3, 0.4) is 0 Å². The predicted molar refractivity (Wildman–Crippen MR) is 65.9 cm³/mol. The number of hydrogen-bond acceptors (Lipinski definition) is 1. The maximum absolute atomic E-state index is 12.1. The lowest BCUT2D eigenvalue weighted by Gasteiger charge is -2.28. The molecule has 0 radical (unpaired) electrons. The quantitative estimate of drug-likeness (QED) is 0.770. The molecule has 0 saturated heterocycles. The van der Waals surface area contributed by atoms with Gasteiger partial charge in [-0.25, -0.2) is 0 Å². The first-order chi connectivity index (χ1) is 7.54. The summed E-state index contributed by atoms with van der Waals surface area (Å²) in [7, 11) is 0. The Balaban J connectivity index is 2.60. The van der Waals surface area contributed by atoms with E-state index < -0.39 is 0 Å². The Hall–Kier alpha value is -1.31. The van der Waals surface area contributed by atoms with E-state index in [2.05, 4.69) is 32.2 Å². The number of aryl methyl sites for hydroxylation is 2. The van der Waals surface area contributed by atoms with Crippen LogP contribution in [0.25, 0.3) is 0 Å². The summed E-state index contributed by atoms with van der Waals surface area (Å²) >= 11 is 0. The van der Waals surface area contributed by atoms with Crippen molar-refractivity contribution in [2.45, 2.75) is 46.6 Å². The zero-order valence-corrected chi connectivity index (χ0v) is 10.5. The van der Waals surface area contributed by atoms with E-state index in [-0.39, 0.29) is 5.91 Å². The Kier molecular flexibility index (Phi) is 2.75. The maximum atomic E-state index is 12.1. The number of carbonyl (C=O) groups is 1. The molecule has 86 valence electrons. The van der Waals surface area contributed by atoms with Gasteiger partial charge in [0.15, 0.2) is 0 Å². The first kappa shape index (κ1) is 11.2. The molecule has 1 aromatic rings. The summed E-state index contributed by atoms with van der Waals surface area (Å²) in [6.45, 7) is 8.34. The molecule has 2 rings (SSSR count). The molecule has 0 fully saturated rings. The summed E-state index contributed by atoms with van der Waals surface area (Å²) in [6.07, 6.45) is 1.97. The van der Waals surface area contributed by atoms with Gasteiger partial charge in [0, 0.05) is 11.6 Å². The maximum Gasteiger partial charge on any atom is 0.252 e. The van der Waals surface area contributed by atoms with E-state index in [4.69, 9.17) is 0 Å². The first-order valence-corrected chi connectivity index (χ1v) is 5.95. The highest BCUT2D eigenvalue weighted by Gasteiger charge is 2.26. The molecule has 1 amide bonds. The lowest BCUT2D eigenvalue weighted by molar-refractivity contribution is 0.0923. The number of hydrogen-bond donors (Lipinski definition) is 1. The number of nitrogens with one attached hydrogen (secondary N) is 1. The third kappa shape index (κ3) is 1.62. The van der Waals surface area contributed by atoms with Gasteiger partial charge < -0.3 is 5.32 Å². The second-order valence-electron chi connectivity index (χ2n) is 4.77. The van der Waals surface area contributed by atoms with Gasteiger partial charge in [-0.3, -0.25) is 4.79 Å². The van der Waals surface area contributed by atoms with Gasteiger partial charge in [-0.05, 0) is 55.9 Å². The summed E-state index contributed by atoms with van der Waals surface area (Å²) in [4.78, 5) is 12.1. The molecule has 1 unspecified atom stereocenters. The average Bonchev–Trinajstić information content (AvgIpc) is 2.25. The van der Waals surface area contributed by atoms with Crippen molar-refractivity contribution in [3.63, 3.8) is 0 Å². The lowest BCUT2D eigenvalue weighted by atomic mass is 9.86. The Morgan fingerprint density at radius 3 is 2.62 bits per heavy atom. The minimum absolute atomic E-state index is 0.109. The fourth-order valence-electron chi connectivity index (χ4n) is 2.51. The lowest BCUT2D eigenvalue weighted by Crippen LogP contribution is -2.41. The van der Waals surface area contributed by atoms with E-state index in [9.17, 15) is 4.79 Å². The molecule has 16 heavy (non-hydrogen) atoms. The average molecular weight is 217 g/mol. The third-order valence-electron chi connectivity index (χ3n) is 3.68. The van der Waals surface area contributed by atoms with Crippen molar-refractivity contribution in [1.82, 2.24) is 5.32 Å². The number of amides is 1. The fraction of sp³-hybridized carbons (Fsp3) is 0.500. The van der Waals surface area contributed by atoms with Crippen LogP contribution in [0.15, 0.2) is 6.07 Å². The molecule has 2 heteroatoms. The van der Waals surface area contributed by atoms with Crippen LogP contribution >= 0.6 is 0 Å². The zero-order chi connectivity index (χ0) is 11.9. The van der Waals surface area contributed by atoms with Crippen LogP contribution in [0.5, 0.6) is 0 Å². The van der Waals surface area contributed by atoms with E-state index in [0.717, 1.165) is 24.0 Å². The molecule has 1 aliphatic rings. The highest BCUT2D eigenvalue weighted by atomic mass is 16.1. The monoisotopic (exact) mass is 217 g/mol. The van der Waals surface area contributed by atoms with Crippen molar-refractivity contribution >= 4 is 5.91 Å². The minimum Gasteiger partial charge on any atom is -0.349 e. The molecule has 0 saturated carbocycles. The van der Waals surface area contributed by atoms with E-state index in [0.29, 0.717) is 6.04 Å².